The van der Waals surface area contributed by atoms with E-state index in [4.69, 9.17) is 0 Å². The van der Waals surface area contributed by atoms with Gasteiger partial charge in [-0.05, 0) is 37.8 Å². The Balaban J connectivity index is 0.00000192. The normalized spacial score (nSPS) is 29.5. The summed E-state index contributed by atoms with van der Waals surface area (Å²) < 4.78 is 38.0. The fourth-order valence-electron chi connectivity index (χ4n) is 3.65. The number of hydrogen-bond donors (Lipinski definition) is 2. The summed E-state index contributed by atoms with van der Waals surface area (Å²) in [5.41, 5.74) is -0.464. The zero-order valence-corrected chi connectivity index (χ0v) is 14.1. The number of aromatic amines is 1. The highest BCUT2D eigenvalue weighted by Crippen LogP contribution is 2.33. The fraction of sp³-hybridized carbons (Fsp3) is 0.800. The Bertz CT molecular complexity index is 511. The monoisotopic (exact) mass is 352 g/mol. The molecule has 4 nitrogen and oxygen atoms in total. The van der Waals surface area contributed by atoms with Gasteiger partial charge in [-0.3, -0.25) is 0 Å². The lowest BCUT2D eigenvalue weighted by atomic mass is 9.87. The lowest BCUT2D eigenvalue weighted by Crippen LogP contribution is -2.42. The van der Waals surface area contributed by atoms with Crippen molar-refractivity contribution in [3.8, 4) is 0 Å². The van der Waals surface area contributed by atoms with Gasteiger partial charge in [0.25, 0.3) is 0 Å². The molecular weight excluding hydrogens is 329 g/mol. The Labute approximate surface area is 140 Å². The number of nitrogens with zero attached hydrogens (tertiary/aromatic N) is 2. The number of aromatic nitrogens is 2. The molecule has 3 rings (SSSR count). The predicted molar refractivity (Wildman–Crippen MR) is 84.8 cm³/mol. The van der Waals surface area contributed by atoms with Gasteiger partial charge in [0.2, 0.25) is 0 Å². The lowest BCUT2D eigenvalue weighted by molar-refractivity contribution is -0.141. The molecule has 2 saturated heterocycles. The smallest absolute Gasteiger partial charge is 0.338 e. The van der Waals surface area contributed by atoms with Gasteiger partial charge in [-0.1, -0.05) is 6.92 Å². The van der Waals surface area contributed by atoms with Gasteiger partial charge >= 0.3 is 6.18 Å². The van der Waals surface area contributed by atoms with Crippen LogP contribution >= 0.6 is 12.4 Å². The molecule has 23 heavy (non-hydrogen) atoms. The maximum absolute atomic E-state index is 12.7. The van der Waals surface area contributed by atoms with Crippen molar-refractivity contribution in [3.05, 3.63) is 17.7 Å². The molecule has 2 N–H and O–H groups in total. The zero-order chi connectivity index (χ0) is 15.8. The summed E-state index contributed by atoms with van der Waals surface area (Å²) in [5.74, 6) is 0.550. The van der Waals surface area contributed by atoms with E-state index < -0.39 is 11.9 Å². The Morgan fingerprint density at radius 2 is 2.22 bits per heavy atom. The molecule has 0 aromatic carbocycles. The van der Waals surface area contributed by atoms with Gasteiger partial charge in [0, 0.05) is 25.6 Å². The minimum Gasteiger partial charge on any atom is -0.338 e. The van der Waals surface area contributed by atoms with Crippen LogP contribution in [0.3, 0.4) is 0 Å². The van der Waals surface area contributed by atoms with E-state index in [0.29, 0.717) is 5.82 Å². The first-order chi connectivity index (χ1) is 10.4. The Kier molecular flexibility index (Phi) is 5.63. The molecule has 0 spiro atoms. The number of nitrogens with one attached hydrogen (secondary N) is 2. The van der Waals surface area contributed by atoms with Crippen molar-refractivity contribution in [3.63, 3.8) is 0 Å². The first kappa shape index (κ1) is 18.5. The van der Waals surface area contributed by atoms with Crippen molar-refractivity contribution in [2.45, 2.75) is 38.3 Å². The van der Waals surface area contributed by atoms with E-state index in [1.54, 1.807) is 0 Å². The molecule has 2 atom stereocenters. The second-order valence-corrected chi connectivity index (χ2v) is 6.99. The van der Waals surface area contributed by atoms with E-state index in [9.17, 15) is 13.2 Å². The van der Waals surface area contributed by atoms with Crippen LogP contribution < -0.4 is 5.32 Å². The number of imidazole rings is 1. The van der Waals surface area contributed by atoms with E-state index in [1.165, 1.54) is 0 Å². The maximum atomic E-state index is 12.7. The second-order valence-electron chi connectivity index (χ2n) is 6.99. The topological polar surface area (TPSA) is 44.0 Å². The molecule has 0 bridgehead atoms. The van der Waals surface area contributed by atoms with Crippen LogP contribution in [0, 0.1) is 5.41 Å². The summed E-state index contributed by atoms with van der Waals surface area (Å²) in [6.45, 7) is 7.18. The summed E-state index contributed by atoms with van der Waals surface area (Å²) in [6, 6.07) is 0. The summed E-state index contributed by atoms with van der Waals surface area (Å²) in [5, 5.41) is 3.40. The molecule has 1 aromatic rings. The minimum absolute atomic E-state index is 0. The van der Waals surface area contributed by atoms with Gasteiger partial charge < -0.3 is 15.2 Å². The maximum Gasteiger partial charge on any atom is 0.432 e. The molecule has 3 heterocycles. The number of likely N-dealkylation sites (tertiary alicyclic amines) is 1. The fourth-order valence-corrected chi connectivity index (χ4v) is 3.65. The van der Waals surface area contributed by atoms with E-state index >= 15 is 0 Å². The van der Waals surface area contributed by atoms with Crippen LogP contribution in [-0.2, 0) is 6.18 Å². The van der Waals surface area contributed by atoms with Crippen molar-refractivity contribution in [2.75, 3.05) is 32.7 Å². The highest BCUT2D eigenvalue weighted by atomic mass is 35.5. The van der Waals surface area contributed by atoms with Gasteiger partial charge in [0.05, 0.1) is 6.20 Å². The number of halogens is 4. The van der Waals surface area contributed by atoms with Gasteiger partial charge in [-0.2, -0.15) is 13.2 Å². The zero-order valence-electron chi connectivity index (χ0n) is 13.2. The van der Waals surface area contributed by atoms with Crippen LogP contribution in [0.5, 0.6) is 0 Å². The van der Waals surface area contributed by atoms with E-state index in [2.05, 4.69) is 27.1 Å². The standard InChI is InChI=1S/C15H23F3N4.ClH/c1-14(4-5-19-9-14)10-22-6-2-3-11(8-22)13-20-7-12(21-13)15(16,17)18;/h7,11,19H,2-6,8-10H2,1H3,(H,20,21);1H. The van der Waals surface area contributed by atoms with E-state index in [-0.39, 0.29) is 23.7 Å². The summed E-state index contributed by atoms with van der Waals surface area (Å²) >= 11 is 0. The molecular formula is C15H24ClF3N4. The molecule has 0 aliphatic carbocycles. The Morgan fingerprint density at radius 3 is 2.83 bits per heavy atom. The summed E-state index contributed by atoms with van der Waals surface area (Å²) in [7, 11) is 0. The van der Waals surface area contributed by atoms with Crippen molar-refractivity contribution in [1.29, 1.82) is 0 Å². The van der Waals surface area contributed by atoms with Crippen LogP contribution in [0.4, 0.5) is 13.2 Å². The van der Waals surface area contributed by atoms with Crippen LogP contribution in [0.15, 0.2) is 6.20 Å². The number of piperidine rings is 1. The summed E-state index contributed by atoms with van der Waals surface area (Å²) in [6.07, 6.45) is -0.362. The van der Waals surface area contributed by atoms with Crippen LogP contribution in [0.25, 0.3) is 0 Å². The largest absolute Gasteiger partial charge is 0.432 e. The Morgan fingerprint density at radius 1 is 1.43 bits per heavy atom. The number of alkyl halides is 3. The molecule has 2 fully saturated rings. The quantitative estimate of drug-likeness (QED) is 0.878. The van der Waals surface area contributed by atoms with Crippen LogP contribution in [0.2, 0.25) is 0 Å². The third kappa shape index (κ3) is 4.39. The molecule has 8 heteroatoms. The molecule has 2 aliphatic rings. The average Bonchev–Trinajstić information content (AvgIpc) is 3.07. The van der Waals surface area contributed by atoms with Crippen molar-refractivity contribution >= 4 is 12.4 Å². The molecule has 1 aromatic heterocycles. The minimum atomic E-state index is -4.34. The molecule has 2 unspecified atom stereocenters. The number of hydrogen-bond acceptors (Lipinski definition) is 3. The van der Waals surface area contributed by atoms with Crippen LogP contribution in [0.1, 0.15) is 43.6 Å². The van der Waals surface area contributed by atoms with Crippen molar-refractivity contribution in [2.24, 2.45) is 5.41 Å². The van der Waals surface area contributed by atoms with E-state index in [0.717, 1.165) is 58.2 Å². The van der Waals surface area contributed by atoms with Gasteiger partial charge in [0.1, 0.15) is 11.5 Å². The molecule has 2 aliphatic heterocycles. The first-order valence-electron chi connectivity index (χ1n) is 7.91. The molecule has 0 saturated carbocycles. The molecule has 0 amide bonds. The average molecular weight is 353 g/mol. The van der Waals surface area contributed by atoms with Gasteiger partial charge in [-0.25, -0.2) is 4.98 Å². The Hall–Kier alpha value is -0.790. The predicted octanol–water partition coefficient (Wildman–Crippen LogP) is 3.03. The molecule has 0 radical (unpaired) electrons. The highest BCUT2D eigenvalue weighted by molar-refractivity contribution is 5.85. The SMILES string of the molecule is CC1(CN2CCCC(c3ncc(C(F)(F)F)[nH]3)C2)CCNC1.Cl. The number of rotatable bonds is 3. The lowest BCUT2D eigenvalue weighted by Gasteiger charge is -2.37. The van der Waals surface area contributed by atoms with Crippen molar-refractivity contribution < 1.29 is 13.2 Å². The third-order valence-corrected chi connectivity index (χ3v) is 4.86. The highest BCUT2D eigenvalue weighted by Gasteiger charge is 2.36. The first-order valence-corrected chi connectivity index (χ1v) is 7.91. The third-order valence-electron chi connectivity index (χ3n) is 4.86. The van der Waals surface area contributed by atoms with E-state index in [1.807, 2.05) is 0 Å². The van der Waals surface area contributed by atoms with Crippen LogP contribution in [-0.4, -0.2) is 47.6 Å². The van der Waals surface area contributed by atoms with Crippen molar-refractivity contribution in [1.82, 2.24) is 20.2 Å². The second kappa shape index (κ2) is 6.99. The van der Waals surface area contributed by atoms with Gasteiger partial charge in [0.15, 0.2) is 0 Å². The number of H-pyrrole nitrogens is 1. The molecule has 132 valence electrons. The summed E-state index contributed by atoms with van der Waals surface area (Å²) in [4.78, 5) is 8.83. The van der Waals surface area contributed by atoms with Gasteiger partial charge in [-0.15, -0.1) is 12.4 Å².